The molecule has 0 bridgehead atoms. The average Bonchev–Trinajstić information content (AvgIpc) is 2.77. The molecule has 0 saturated carbocycles. The SMILES string of the molecule is Cc1noc(C)c1NC(=O)c1ccc(S(=O)(=O)NC(C)(C)C)cc1. The van der Waals surface area contributed by atoms with E-state index in [1.165, 1.54) is 24.3 Å². The zero-order chi connectivity index (χ0) is 18.1. The van der Waals surface area contributed by atoms with Gasteiger partial charge in [0.05, 0.1) is 4.90 Å². The zero-order valence-corrected chi connectivity index (χ0v) is 15.1. The summed E-state index contributed by atoms with van der Waals surface area (Å²) in [5.41, 5.74) is 0.850. The summed E-state index contributed by atoms with van der Waals surface area (Å²) >= 11 is 0. The van der Waals surface area contributed by atoms with Crippen LogP contribution in [0.1, 0.15) is 42.6 Å². The molecule has 2 N–H and O–H groups in total. The van der Waals surface area contributed by atoms with Crippen LogP contribution < -0.4 is 10.0 Å². The molecule has 0 radical (unpaired) electrons. The number of nitrogens with zero attached hydrogens (tertiary/aromatic N) is 1. The van der Waals surface area contributed by atoms with Crippen LogP contribution in [0.2, 0.25) is 0 Å². The number of benzene rings is 1. The number of sulfonamides is 1. The molecule has 1 heterocycles. The van der Waals surface area contributed by atoms with Crippen molar-refractivity contribution in [3.8, 4) is 0 Å². The maximum atomic E-state index is 12.3. The van der Waals surface area contributed by atoms with Crippen LogP contribution in [0.3, 0.4) is 0 Å². The standard InChI is InChI=1S/C16H21N3O4S/c1-10-14(11(2)23-18-10)17-15(20)12-6-8-13(9-7-12)24(21,22)19-16(3,4)5/h6-9,19H,1-5H3,(H,17,20). The fourth-order valence-electron chi connectivity index (χ4n) is 2.09. The molecule has 7 nitrogen and oxygen atoms in total. The predicted octanol–water partition coefficient (Wildman–Crippen LogP) is 2.62. The van der Waals surface area contributed by atoms with E-state index in [0.717, 1.165) is 0 Å². The number of anilines is 1. The minimum absolute atomic E-state index is 0.103. The summed E-state index contributed by atoms with van der Waals surface area (Å²) in [4.78, 5) is 12.4. The number of hydrogen-bond donors (Lipinski definition) is 2. The van der Waals surface area contributed by atoms with E-state index in [1.807, 2.05) is 0 Å². The molecule has 1 aromatic carbocycles. The molecule has 0 spiro atoms. The Bertz CT molecular complexity index is 827. The van der Waals surface area contributed by atoms with Crippen molar-refractivity contribution < 1.29 is 17.7 Å². The first-order chi connectivity index (χ1) is 11.0. The molecule has 1 amide bonds. The van der Waals surface area contributed by atoms with Gasteiger partial charge in [-0.15, -0.1) is 0 Å². The second-order valence-corrected chi connectivity index (χ2v) is 8.22. The lowest BCUT2D eigenvalue weighted by atomic mass is 10.1. The summed E-state index contributed by atoms with van der Waals surface area (Å²) in [6.45, 7) is 8.70. The van der Waals surface area contributed by atoms with E-state index in [1.54, 1.807) is 34.6 Å². The number of carbonyl (C=O) groups is 1. The third-order valence-corrected chi connectivity index (χ3v) is 4.91. The number of amides is 1. The van der Waals surface area contributed by atoms with Crippen molar-refractivity contribution in [3.63, 3.8) is 0 Å². The third kappa shape index (κ3) is 4.21. The number of rotatable bonds is 4. The Balaban J connectivity index is 2.19. The van der Waals surface area contributed by atoms with Gasteiger partial charge in [0.1, 0.15) is 11.4 Å². The zero-order valence-electron chi connectivity index (χ0n) is 14.3. The molecule has 2 aromatic rings. The topological polar surface area (TPSA) is 101 Å². The molecular weight excluding hydrogens is 330 g/mol. The first-order valence-corrected chi connectivity index (χ1v) is 8.86. The van der Waals surface area contributed by atoms with Crippen molar-refractivity contribution in [1.82, 2.24) is 9.88 Å². The molecule has 130 valence electrons. The van der Waals surface area contributed by atoms with Gasteiger partial charge >= 0.3 is 0 Å². The van der Waals surface area contributed by atoms with E-state index in [9.17, 15) is 13.2 Å². The van der Waals surface area contributed by atoms with Crippen molar-refractivity contribution in [1.29, 1.82) is 0 Å². The highest BCUT2D eigenvalue weighted by atomic mass is 32.2. The van der Waals surface area contributed by atoms with Crippen molar-refractivity contribution >= 4 is 21.6 Å². The lowest BCUT2D eigenvalue weighted by Gasteiger charge is -2.20. The fourth-order valence-corrected chi connectivity index (χ4v) is 3.51. The smallest absolute Gasteiger partial charge is 0.255 e. The van der Waals surface area contributed by atoms with Crippen LogP contribution in [0, 0.1) is 13.8 Å². The van der Waals surface area contributed by atoms with Gasteiger partial charge in [0.15, 0.2) is 5.76 Å². The minimum atomic E-state index is -3.63. The molecule has 0 aliphatic heterocycles. The average molecular weight is 351 g/mol. The highest BCUT2D eigenvalue weighted by molar-refractivity contribution is 7.89. The molecule has 0 fully saturated rings. The van der Waals surface area contributed by atoms with Crippen molar-refractivity contribution in [2.45, 2.75) is 45.1 Å². The Morgan fingerprint density at radius 1 is 1.12 bits per heavy atom. The number of aromatic nitrogens is 1. The van der Waals surface area contributed by atoms with E-state index >= 15 is 0 Å². The Labute approximate surface area is 141 Å². The highest BCUT2D eigenvalue weighted by Crippen LogP contribution is 2.20. The van der Waals surface area contributed by atoms with Crippen molar-refractivity contribution in [3.05, 3.63) is 41.3 Å². The van der Waals surface area contributed by atoms with Gasteiger partial charge in [-0.25, -0.2) is 13.1 Å². The summed E-state index contributed by atoms with van der Waals surface area (Å²) in [5, 5.41) is 6.48. The Morgan fingerprint density at radius 3 is 2.17 bits per heavy atom. The number of carbonyl (C=O) groups excluding carboxylic acids is 1. The van der Waals surface area contributed by atoms with Crippen molar-refractivity contribution in [2.75, 3.05) is 5.32 Å². The quantitative estimate of drug-likeness (QED) is 0.882. The van der Waals surface area contributed by atoms with Crippen LogP contribution in [-0.4, -0.2) is 25.0 Å². The van der Waals surface area contributed by atoms with E-state index < -0.39 is 15.6 Å². The number of hydrogen-bond acceptors (Lipinski definition) is 5. The summed E-state index contributed by atoms with van der Waals surface area (Å²) in [6, 6.07) is 5.72. The van der Waals surface area contributed by atoms with Gasteiger partial charge in [0, 0.05) is 11.1 Å². The molecule has 8 heteroatoms. The van der Waals surface area contributed by atoms with Gasteiger partial charge in [-0.2, -0.15) is 0 Å². The predicted molar refractivity (Wildman–Crippen MR) is 90.4 cm³/mol. The van der Waals surface area contributed by atoms with Crippen LogP contribution in [0.5, 0.6) is 0 Å². The van der Waals surface area contributed by atoms with Gasteiger partial charge in [0.25, 0.3) is 5.91 Å². The van der Waals surface area contributed by atoms with Crippen LogP contribution in [0.15, 0.2) is 33.7 Å². The van der Waals surface area contributed by atoms with Crippen LogP contribution >= 0.6 is 0 Å². The Morgan fingerprint density at radius 2 is 1.71 bits per heavy atom. The summed E-state index contributed by atoms with van der Waals surface area (Å²) in [7, 11) is -3.63. The maximum absolute atomic E-state index is 12.3. The summed E-state index contributed by atoms with van der Waals surface area (Å²) in [6.07, 6.45) is 0. The monoisotopic (exact) mass is 351 g/mol. The molecule has 0 aliphatic rings. The molecule has 0 saturated heterocycles. The molecule has 2 rings (SSSR count). The summed E-state index contributed by atoms with van der Waals surface area (Å²) in [5.74, 6) is 0.145. The fraction of sp³-hybridized carbons (Fsp3) is 0.375. The Kier molecular flexibility index (Phi) is 4.82. The van der Waals surface area contributed by atoms with Crippen LogP contribution in [0.25, 0.3) is 0 Å². The van der Waals surface area contributed by atoms with Gasteiger partial charge in [-0.3, -0.25) is 4.79 Å². The Hall–Kier alpha value is -2.19. The van der Waals surface area contributed by atoms with E-state index in [2.05, 4.69) is 15.2 Å². The van der Waals surface area contributed by atoms with Gasteiger partial charge in [-0.05, 0) is 58.9 Å². The van der Waals surface area contributed by atoms with Gasteiger partial charge in [-0.1, -0.05) is 5.16 Å². The number of aryl methyl sites for hydroxylation is 2. The second-order valence-electron chi connectivity index (χ2n) is 6.53. The normalized spacial score (nSPS) is 12.2. The molecular formula is C16H21N3O4S. The van der Waals surface area contributed by atoms with Gasteiger partial charge < -0.3 is 9.84 Å². The van der Waals surface area contributed by atoms with Crippen LogP contribution in [-0.2, 0) is 10.0 Å². The molecule has 0 aliphatic carbocycles. The largest absolute Gasteiger partial charge is 0.359 e. The highest BCUT2D eigenvalue weighted by Gasteiger charge is 2.22. The lowest BCUT2D eigenvalue weighted by molar-refractivity contribution is 0.102. The maximum Gasteiger partial charge on any atom is 0.255 e. The molecule has 1 aromatic heterocycles. The second kappa shape index (κ2) is 6.37. The molecule has 24 heavy (non-hydrogen) atoms. The minimum Gasteiger partial charge on any atom is -0.359 e. The van der Waals surface area contributed by atoms with E-state index in [-0.39, 0.29) is 10.8 Å². The first kappa shape index (κ1) is 18.2. The number of nitrogens with one attached hydrogen (secondary N) is 2. The lowest BCUT2D eigenvalue weighted by Crippen LogP contribution is -2.40. The first-order valence-electron chi connectivity index (χ1n) is 7.38. The molecule has 0 unspecified atom stereocenters. The van der Waals surface area contributed by atoms with Crippen LogP contribution in [0.4, 0.5) is 5.69 Å². The van der Waals surface area contributed by atoms with Gasteiger partial charge in [0.2, 0.25) is 10.0 Å². The third-order valence-electron chi connectivity index (χ3n) is 3.14. The van der Waals surface area contributed by atoms with E-state index in [0.29, 0.717) is 22.7 Å². The summed E-state index contributed by atoms with van der Waals surface area (Å²) < 4.78 is 32.0. The van der Waals surface area contributed by atoms with E-state index in [4.69, 9.17) is 4.52 Å². The molecule has 0 atom stereocenters. The van der Waals surface area contributed by atoms with Crippen molar-refractivity contribution in [2.24, 2.45) is 0 Å².